The Morgan fingerprint density at radius 2 is 2.05 bits per heavy atom. The van der Waals surface area contributed by atoms with E-state index in [4.69, 9.17) is 17.0 Å². The van der Waals surface area contributed by atoms with Crippen LogP contribution in [0.5, 0.6) is 5.75 Å². The fraction of sp³-hybridized carbons (Fsp3) is 0.500. The second-order valence-electron chi connectivity index (χ2n) is 5.43. The monoisotopic (exact) mass is 321 g/mol. The van der Waals surface area contributed by atoms with Gasteiger partial charge in [0.1, 0.15) is 5.75 Å². The van der Waals surface area contributed by atoms with Gasteiger partial charge in [-0.3, -0.25) is 10.1 Å². The van der Waals surface area contributed by atoms with Crippen LogP contribution in [0.25, 0.3) is 0 Å². The Morgan fingerprint density at radius 3 is 2.73 bits per heavy atom. The number of benzene rings is 1. The molecule has 1 N–H and O–H groups in total. The zero-order valence-corrected chi connectivity index (χ0v) is 14.0. The highest BCUT2D eigenvalue weighted by Crippen LogP contribution is 2.13. The maximum Gasteiger partial charge on any atom is 0.257 e. The van der Waals surface area contributed by atoms with Gasteiger partial charge in [0.25, 0.3) is 5.91 Å². The van der Waals surface area contributed by atoms with E-state index in [9.17, 15) is 4.79 Å². The summed E-state index contributed by atoms with van der Waals surface area (Å²) >= 11 is 5.34. The molecule has 22 heavy (non-hydrogen) atoms. The average molecular weight is 321 g/mol. The van der Waals surface area contributed by atoms with Crippen molar-refractivity contribution in [1.29, 1.82) is 0 Å². The number of hydrogen-bond donors (Lipinski definition) is 1. The van der Waals surface area contributed by atoms with Gasteiger partial charge in [0, 0.05) is 31.7 Å². The SMILES string of the molecule is CCCOc1cccc(C(=O)NC(=S)N2CCN(C)CC2)c1. The van der Waals surface area contributed by atoms with Gasteiger partial charge >= 0.3 is 0 Å². The Morgan fingerprint density at radius 1 is 1.32 bits per heavy atom. The molecule has 5 nitrogen and oxygen atoms in total. The minimum atomic E-state index is -0.189. The summed E-state index contributed by atoms with van der Waals surface area (Å²) in [6.45, 7) is 6.28. The van der Waals surface area contributed by atoms with Gasteiger partial charge in [-0.1, -0.05) is 13.0 Å². The third-order valence-corrected chi connectivity index (χ3v) is 3.94. The predicted octanol–water partition coefficient (Wildman–Crippen LogP) is 1.74. The number of carbonyl (C=O) groups is 1. The summed E-state index contributed by atoms with van der Waals surface area (Å²) in [7, 11) is 2.08. The summed E-state index contributed by atoms with van der Waals surface area (Å²) in [6.07, 6.45) is 0.934. The van der Waals surface area contributed by atoms with E-state index in [1.807, 2.05) is 24.0 Å². The van der Waals surface area contributed by atoms with E-state index in [-0.39, 0.29) is 5.91 Å². The second-order valence-corrected chi connectivity index (χ2v) is 5.81. The van der Waals surface area contributed by atoms with E-state index in [1.165, 1.54) is 0 Å². The van der Waals surface area contributed by atoms with Crippen molar-refractivity contribution in [1.82, 2.24) is 15.1 Å². The maximum absolute atomic E-state index is 12.3. The first-order chi connectivity index (χ1) is 10.6. The first kappa shape index (κ1) is 16.7. The minimum absolute atomic E-state index is 0.189. The third kappa shape index (κ3) is 4.68. The molecule has 0 aliphatic carbocycles. The summed E-state index contributed by atoms with van der Waals surface area (Å²) in [4.78, 5) is 16.6. The van der Waals surface area contributed by atoms with E-state index in [1.54, 1.807) is 12.1 Å². The zero-order valence-electron chi connectivity index (χ0n) is 13.2. The molecule has 0 spiro atoms. The van der Waals surface area contributed by atoms with Crippen LogP contribution in [0.4, 0.5) is 0 Å². The molecule has 0 unspecified atom stereocenters. The number of carbonyl (C=O) groups excluding carboxylic acids is 1. The van der Waals surface area contributed by atoms with E-state index in [0.29, 0.717) is 23.0 Å². The van der Waals surface area contributed by atoms with Crippen LogP contribution in [-0.2, 0) is 0 Å². The standard InChI is InChI=1S/C16H23N3O2S/c1-3-11-21-14-6-4-5-13(12-14)15(20)17-16(22)19-9-7-18(2)8-10-19/h4-6,12H,3,7-11H2,1-2H3,(H,17,20,22). The van der Waals surface area contributed by atoms with E-state index in [0.717, 1.165) is 32.6 Å². The van der Waals surface area contributed by atoms with Crippen molar-refractivity contribution in [3.05, 3.63) is 29.8 Å². The molecule has 0 aromatic heterocycles. The van der Waals surface area contributed by atoms with Gasteiger partial charge < -0.3 is 14.5 Å². The van der Waals surface area contributed by atoms with Crippen LogP contribution in [0.2, 0.25) is 0 Å². The smallest absolute Gasteiger partial charge is 0.257 e. The van der Waals surface area contributed by atoms with Gasteiger partial charge in [-0.15, -0.1) is 0 Å². The fourth-order valence-electron chi connectivity index (χ4n) is 2.20. The molecule has 2 rings (SSSR count). The number of rotatable bonds is 4. The first-order valence-corrected chi connectivity index (χ1v) is 8.02. The Kier molecular flexibility index (Phi) is 6.15. The molecular formula is C16H23N3O2S. The third-order valence-electron chi connectivity index (χ3n) is 3.58. The topological polar surface area (TPSA) is 44.8 Å². The first-order valence-electron chi connectivity index (χ1n) is 7.62. The number of likely N-dealkylation sites (N-methyl/N-ethyl adjacent to an activating group) is 1. The molecule has 1 aromatic rings. The summed E-state index contributed by atoms with van der Waals surface area (Å²) < 4.78 is 5.55. The number of ether oxygens (including phenoxy) is 1. The van der Waals surface area contributed by atoms with Crippen molar-refractivity contribution in [2.45, 2.75) is 13.3 Å². The molecule has 0 radical (unpaired) electrons. The number of hydrogen-bond acceptors (Lipinski definition) is 4. The molecule has 0 saturated carbocycles. The molecule has 1 aliphatic rings. The van der Waals surface area contributed by atoms with Crippen LogP contribution in [0.3, 0.4) is 0 Å². The molecule has 6 heteroatoms. The summed E-state index contributed by atoms with van der Waals surface area (Å²) in [5, 5.41) is 3.31. The fourth-order valence-corrected chi connectivity index (χ4v) is 2.48. The molecular weight excluding hydrogens is 298 g/mol. The van der Waals surface area contributed by atoms with Gasteiger partial charge in [0.15, 0.2) is 5.11 Å². The Labute approximate surface area is 137 Å². The lowest BCUT2D eigenvalue weighted by molar-refractivity contribution is 0.0970. The molecule has 1 fully saturated rings. The number of nitrogens with one attached hydrogen (secondary N) is 1. The van der Waals surface area contributed by atoms with Gasteiger partial charge in [-0.2, -0.15) is 0 Å². The molecule has 1 heterocycles. The minimum Gasteiger partial charge on any atom is -0.494 e. The van der Waals surface area contributed by atoms with E-state index >= 15 is 0 Å². The average Bonchev–Trinajstić information content (AvgIpc) is 2.53. The molecule has 1 aromatic carbocycles. The quantitative estimate of drug-likeness (QED) is 0.856. The highest BCUT2D eigenvalue weighted by atomic mass is 32.1. The summed E-state index contributed by atoms with van der Waals surface area (Å²) in [6, 6.07) is 7.18. The Balaban J connectivity index is 1.92. The van der Waals surface area contributed by atoms with Crippen LogP contribution >= 0.6 is 12.2 Å². The van der Waals surface area contributed by atoms with Crippen LogP contribution in [0.1, 0.15) is 23.7 Å². The highest BCUT2D eigenvalue weighted by molar-refractivity contribution is 7.80. The van der Waals surface area contributed by atoms with Crippen molar-refractivity contribution in [2.75, 3.05) is 39.8 Å². The summed E-state index contributed by atoms with van der Waals surface area (Å²) in [5.41, 5.74) is 0.560. The second kappa shape index (κ2) is 8.10. The van der Waals surface area contributed by atoms with E-state index in [2.05, 4.69) is 17.3 Å². The van der Waals surface area contributed by atoms with Crippen LogP contribution in [0, 0.1) is 0 Å². The van der Waals surface area contributed by atoms with Crippen molar-refractivity contribution in [3.63, 3.8) is 0 Å². The van der Waals surface area contributed by atoms with Gasteiger partial charge in [-0.25, -0.2) is 0 Å². The molecule has 1 amide bonds. The number of amides is 1. The van der Waals surface area contributed by atoms with Gasteiger partial charge in [0.05, 0.1) is 6.61 Å². The van der Waals surface area contributed by atoms with Gasteiger partial charge in [-0.05, 0) is 43.9 Å². The highest BCUT2D eigenvalue weighted by Gasteiger charge is 2.18. The normalized spacial score (nSPS) is 15.5. The molecule has 1 saturated heterocycles. The maximum atomic E-state index is 12.3. The molecule has 120 valence electrons. The van der Waals surface area contributed by atoms with Crippen molar-refractivity contribution < 1.29 is 9.53 Å². The Bertz CT molecular complexity index is 528. The molecule has 0 bridgehead atoms. The van der Waals surface area contributed by atoms with Gasteiger partial charge in [0.2, 0.25) is 0 Å². The lowest BCUT2D eigenvalue weighted by Gasteiger charge is -2.33. The number of piperazine rings is 1. The summed E-state index contributed by atoms with van der Waals surface area (Å²) in [5.74, 6) is 0.519. The van der Waals surface area contributed by atoms with Crippen molar-refractivity contribution in [2.24, 2.45) is 0 Å². The Hall–Kier alpha value is -1.66. The molecule has 0 atom stereocenters. The lowest BCUT2D eigenvalue weighted by Crippen LogP contribution is -2.51. The predicted molar refractivity (Wildman–Crippen MR) is 91.4 cm³/mol. The van der Waals surface area contributed by atoms with Crippen molar-refractivity contribution >= 4 is 23.2 Å². The largest absolute Gasteiger partial charge is 0.494 e. The van der Waals surface area contributed by atoms with Crippen LogP contribution in [-0.4, -0.2) is 60.7 Å². The van der Waals surface area contributed by atoms with Crippen LogP contribution in [0.15, 0.2) is 24.3 Å². The van der Waals surface area contributed by atoms with Crippen molar-refractivity contribution in [3.8, 4) is 5.75 Å². The zero-order chi connectivity index (χ0) is 15.9. The molecule has 1 aliphatic heterocycles. The number of nitrogens with zero attached hydrogens (tertiary/aromatic N) is 2. The number of thiocarbonyl (C=S) groups is 1. The van der Waals surface area contributed by atoms with E-state index < -0.39 is 0 Å². The lowest BCUT2D eigenvalue weighted by atomic mass is 10.2. The van der Waals surface area contributed by atoms with Crippen LogP contribution < -0.4 is 10.1 Å².